The molecule has 0 spiro atoms. The van der Waals surface area contributed by atoms with Gasteiger partial charge in [-0.3, -0.25) is 9.13 Å². The average Bonchev–Trinajstić information content (AvgIpc) is 3.86. The van der Waals surface area contributed by atoms with Gasteiger partial charge in [-0.25, -0.2) is 4.98 Å². The fourth-order valence-corrected chi connectivity index (χ4v) is 8.92. The lowest BCUT2D eigenvalue weighted by molar-refractivity contribution is 0.707. The van der Waals surface area contributed by atoms with Crippen molar-refractivity contribution in [3.05, 3.63) is 217 Å². The van der Waals surface area contributed by atoms with Crippen molar-refractivity contribution < 1.29 is 0 Å². The first-order chi connectivity index (χ1) is 26.3. The molecular weight excluding hydrogens is 645 g/mol. The SMILES string of the molecule is c1ccc(-c2cc(-n3c4ccccc4c4ccccc43)nc(-n3c4c(c5ccccc53)-c3ccccc3C4(c3ccccc3)c3ccccc3)n2)cc1. The van der Waals surface area contributed by atoms with E-state index in [1.54, 1.807) is 0 Å². The third kappa shape index (κ3) is 4.18. The summed E-state index contributed by atoms with van der Waals surface area (Å²) in [6.07, 6.45) is 0. The summed E-state index contributed by atoms with van der Waals surface area (Å²) in [6, 6.07) is 69.4. The van der Waals surface area contributed by atoms with Crippen LogP contribution in [0.3, 0.4) is 0 Å². The first-order valence-electron chi connectivity index (χ1n) is 18.1. The number of nitrogens with zero attached hydrogens (tertiary/aromatic N) is 4. The van der Waals surface area contributed by atoms with Gasteiger partial charge in [0, 0.05) is 33.4 Å². The zero-order valence-corrected chi connectivity index (χ0v) is 28.8. The number of para-hydroxylation sites is 3. The van der Waals surface area contributed by atoms with E-state index in [4.69, 9.17) is 9.97 Å². The number of fused-ring (bicyclic) bond motifs is 8. The van der Waals surface area contributed by atoms with E-state index >= 15 is 0 Å². The van der Waals surface area contributed by atoms with Crippen molar-refractivity contribution in [2.75, 3.05) is 0 Å². The molecule has 0 saturated heterocycles. The molecule has 1 aliphatic rings. The van der Waals surface area contributed by atoms with E-state index in [0.29, 0.717) is 5.95 Å². The van der Waals surface area contributed by atoms with Crippen molar-refractivity contribution in [3.8, 4) is 34.2 Å². The summed E-state index contributed by atoms with van der Waals surface area (Å²) in [5, 5.41) is 3.56. The second-order valence-electron chi connectivity index (χ2n) is 13.8. The van der Waals surface area contributed by atoms with E-state index < -0.39 is 5.41 Å². The van der Waals surface area contributed by atoms with Crippen LogP contribution in [0.2, 0.25) is 0 Å². The fourth-order valence-electron chi connectivity index (χ4n) is 8.92. The van der Waals surface area contributed by atoms with Gasteiger partial charge in [0.15, 0.2) is 0 Å². The summed E-state index contributed by atoms with van der Waals surface area (Å²) in [5.41, 5.74) is 11.8. The molecule has 53 heavy (non-hydrogen) atoms. The lowest BCUT2D eigenvalue weighted by Crippen LogP contribution is -2.31. The first kappa shape index (κ1) is 29.7. The van der Waals surface area contributed by atoms with Crippen molar-refractivity contribution >= 4 is 32.7 Å². The molecule has 0 amide bonds. The van der Waals surface area contributed by atoms with Gasteiger partial charge in [-0.05, 0) is 40.5 Å². The minimum Gasteiger partial charge on any atom is -0.294 e. The van der Waals surface area contributed by atoms with Crippen LogP contribution in [0.1, 0.15) is 22.4 Å². The molecule has 0 bridgehead atoms. The zero-order valence-electron chi connectivity index (χ0n) is 28.8. The van der Waals surface area contributed by atoms with Gasteiger partial charge in [0.2, 0.25) is 5.95 Å². The second-order valence-corrected chi connectivity index (χ2v) is 13.8. The summed E-state index contributed by atoms with van der Waals surface area (Å²) in [5.74, 6) is 1.45. The molecule has 3 heterocycles. The Kier molecular flexibility index (Phi) is 6.43. The van der Waals surface area contributed by atoms with E-state index in [1.807, 2.05) is 0 Å². The molecule has 4 nitrogen and oxygen atoms in total. The topological polar surface area (TPSA) is 35.6 Å². The molecular formula is C49H32N4. The minimum atomic E-state index is -0.646. The molecule has 10 aromatic rings. The van der Waals surface area contributed by atoms with Crippen LogP contribution in [0.25, 0.3) is 66.9 Å². The van der Waals surface area contributed by atoms with Gasteiger partial charge < -0.3 is 0 Å². The molecule has 0 unspecified atom stereocenters. The van der Waals surface area contributed by atoms with Crippen LogP contribution in [-0.4, -0.2) is 19.1 Å². The van der Waals surface area contributed by atoms with Gasteiger partial charge in [0.1, 0.15) is 5.82 Å². The Hall–Kier alpha value is -7.04. The number of rotatable bonds is 5. The van der Waals surface area contributed by atoms with Crippen LogP contribution in [0.15, 0.2) is 194 Å². The third-order valence-electron chi connectivity index (χ3n) is 11.0. The standard InChI is InChI=1S/C49H32N4/c1-4-18-33(19-5-1)41-32-45(52-42-29-15-11-24-36(42)37-25-12-16-30-43(37)52)51-48(50-41)53-44-31-17-13-27-39(44)46-38-26-10-14-28-40(38)49(47(46)53,34-20-6-2-7-21-34)35-22-8-3-9-23-35/h1-32H. The zero-order chi connectivity index (χ0) is 34.9. The van der Waals surface area contributed by atoms with Crippen molar-refractivity contribution in [1.29, 1.82) is 0 Å². The molecule has 0 aliphatic heterocycles. The van der Waals surface area contributed by atoms with Gasteiger partial charge in [-0.2, -0.15) is 4.98 Å². The normalized spacial score (nSPS) is 13.1. The lowest BCUT2D eigenvalue weighted by atomic mass is 9.69. The molecule has 0 N–H and O–H groups in total. The molecule has 7 aromatic carbocycles. The third-order valence-corrected chi connectivity index (χ3v) is 11.0. The van der Waals surface area contributed by atoms with Crippen LogP contribution in [0.4, 0.5) is 0 Å². The monoisotopic (exact) mass is 676 g/mol. The van der Waals surface area contributed by atoms with Crippen LogP contribution in [0.5, 0.6) is 0 Å². The molecule has 0 saturated carbocycles. The smallest absolute Gasteiger partial charge is 0.237 e. The Labute approximate surface area is 306 Å². The van der Waals surface area contributed by atoms with Gasteiger partial charge in [0.25, 0.3) is 0 Å². The highest BCUT2D eigenvalue weighted by molar-refractivity contribution is 6.09. The number of hydrogen-bond acceptors (Lipinski definition) is 2. The fraction of sp³-hybridized carbons (Fsp3) is 0.0204. The quantitative estimate of drug-likeness (QED) is 0.182. The summed E-state index contributed by atoms with van der Waals surface area (Å²) in [6.45, 7) is 0. The number of hydrogen-bond donors (Lipinski definition) is 0. The van der Waals surface area contributed by atoms with Crippen LogP contribution < -0.4 is 0 Å². The molecule has 4 heteroatoms. The molecule has 0 atom stereocenters. The Morgan fingerprint density at radius 2 is 0.906 bits per heavy atom. The Balaban J connectivity index is 1.32. The van der Waals surface area contributed by atoms with Crippen LogP contribution >= 0.6 is 0 Å². The summed E-state index contributed by atoms with van der Waals surface area (Å²) in [4.78, 5) is 11.1. The molecule has 0 fully saturated rings. The van der Waals surface area contributed by atoms with E-state index in [9.17, 15) is 0 Å². The number of aromatic nitrogens is 4. The highest BCUT2D eigenvalue weighted by atomic mass is 15.2. The summed E-state index contributed by atoms with van der Waals surface area (Å²) < 4.78 is 4.65. The maximum absolute atomic E-state index is 5.60. The van der Waals surface area contributed by atoms with Crippen molar-refractivity contribution in [3.63, 3.8) is 0 Å². The van der Waals surface area contributed by atoms with Gasteiger partial charge in [-0.1, -0.05) is 170 Å². The van der Waals surface area contributed by atoms with Crippen molar-refractivity contribution in [2.45, 2.75) is 5.41 Å². The second kappa shape index (κ2) is 11.5. The summed E-state index contributed by atoms with van der Waals surface area (Å²) in [7, 11) is 0. The maximum Gasteiger partial charge on any atom is 0.237 e. The predicted octanol–water partition coefficient (Wildman–Crippen LogP) is 11.5. The van der Waals surface area contributed by atoms with Crippen LogP contribution in [-0.2, 0) is 5.41 Å². The number of benzene rings is 7. The van der Waals surface area contributed by atoms with Gasteiger partial charge in [-0.15, -0.1) is 0 Å². The Bertz CT molecular complexity index is 2900. The maximum atomic E-state index is 5.60. The molecule has 0 radical (unpaired) electrons. The first-order valence-corrected chi connectivity index (χ1v) is 18.1. The van der Waals surface area contributed by atoms with Crippen molar-refractivity contribution in [2.24, 2.45) is 0 Å². The molecule has 1 aliphatic carbocycles. The minimum absolute atomic E-state index is 0.629. The van der Waals surface area contributed by atoms with Crippen molar-refractivity contribution in [1.82, 2.24) is 19.1 Å². The van der Waals surface area contributed by atoms with E-state index in [2.05, 4.69) is 203 Å². The van der Waals surface area contributed by atoms with E-state index in [0.717, 1.165) is 39.3 Å². The lowest BCUT2D eigenvalue weighted by Gasteiger charge is -2.34. The average molecular weight is 677 g/mol. The highest BCUT2D eigenvalue weighted by Crippen LogP contribution is 2.59. The molecule has 11 rings (SSSR count). The summed E-state index contributed by atoms with van der Waals surface area (Å²) >= 11 is 0. The predicted molar refractivity (Wildman–Crippen MR) is 216 cm³/mol. The molecule has 248 valence electrons. The van der Waals surface area contributed by atoms with Gasteiger partial charge >= 0.3 is 0 Å². The van der Waals surface area contributed by atoms with E-state index in [1.165, 1.54) is 44.0 Å². The molecule has 3 aromatic heterocycles. The Morgan fingerprint density at radius 1 is 0.415 bits per heavy atom. The van der Waals surface area contributed by atoms with Crippen LogP contribution in [0, 0.1) is 0 Å². The van der Waals surface area contributed by atoms with Gasteiger partial charge in [0.05, 0.1) is 33.4 Å². The Morgan fingerprint density at radius 3 is 1.53 bits per heavy atom. The van der Waals surface area contributed by atoms with E-state index in [-0.39, 0.29) is 0 Å². The largest absolute Gasteiger partial charge is 0.294 e. The highest BCUT2D eigenvalue weighted by Gasteiger charge is 2.50.